The van der Waals surface area contributed by atoms with Crippen LogP contribution in [0.4, 0.5) is 4.79 Å². The van der Waals surface area contributed by atoms with Crippen LogP contribution in [0.5, 0.6) is 0 Å². The molecular formula is C17H22N4O3. The number of urea groups is 1. The highest BCUT2D eigenvalue weighted by Gasteiger charge is 2.50. The first-order valence-corrected chi connectivity index (χ1v) is 8.28. The summed E-state index contributed by atoms with van der Waals surface area (Å²) in [5, 5.41) is 2.67. The summed E-state index contributed by atoms with van der Waals surface area (Å²) in [5.74, 6) is -0.625. The maximum absolute atomic E-state index is 12.8. The normalized spacial score (nSPS) is 27.3. The maximum Gasteiger partial charge on any atom is 0.325 e. The van der Waals surface area contributed by atoms with Crippen LogP contribution < -0.4 is 5.32 Å². The van der Waals surface area contributed by atoms with Gasteiger partial charge in [0.1, 0.15) is 6.54 Å². The van der Waals surface area contributed by atoms with Gasteiger partial charge in [-0.15, -0.1) is 0 Å². The molecule has 1 aromatic heterocycles. The number of hydrogen-bond donors (Lipinski definition) is 1. The second kappa shape index (κ2) is 6.22. The van der Waals surface area contributed by atoms with Gasteiger partial charge in [0.05, 0.1) is 5.69 Å². The lowest BCUT2D eigenvalue weighted by Gasteiger charge is -2.34. The van der Waals surface area contributed by atoms with E-state index >= 15 is 0 Å². The van der Waals surface area contributed by atoms with E-state index in [0.717, 1.165) is 24.2 Å². The first kappa shape index (κ1) is 16.4. The fourth-order valence-corrected chi connectivity index (χ4v) is 3.37. The summed E-state index contributed by atoms with van der Waals surface area (Å²) in [6, 6.07) is 4.79. The van der Waals surface area contributed by atoms with Crippen LogP contribution in [0.3, 0.4) is 0 Å². The third-order valence-corrected chi connectivity index (χ3v) is 4.87. The van der Waals surface area contributed by atoms with E-state index in [1.807, 2.05) is 6.92 Å². The van der Waals surface area contributed by atoms with E-state index in [9.17, 15) is 14.4 Å². The van der Waals surface area contributed by atoms with Crippen molar-refractivity contribution in [1.82, 2.24) is 20.1 Å². The number of carbonyl (C=O) groups excluding carboxylic acids is 3. The van der Waals surface area contributed by atoms with Crippen molar-refractivity contribution < 1.29 is 14.4 Å². The molecule has 2 aliphatic rings. The van der Waals surface area contributed by atoms with Gasteiger partial charge in [-0.2, -0.15) is 0 Å². The van der Waals surface area contributed by atoms with Gasteiger partial charge in [0.15, 0.2) is 5.54 Å². The molecule has 2 atom stereocenters. The van der Waals surface area contributed by atoms with Gasteiger partial charge in [0, 0.05) is 18.8 Å². The van der Waals surface area contributed by atoms with Crippen LogP contribution in [0.1, 0.15) is 38.8 Å². The van der Waals surface area contributed by atoms with Crippen LogP contribution in [0, 0.1) is 0 Å². The monoisotopic (exact) mass is 330 g/mol. The van der Waals surface area contributed by atoms with Crippen molar-refractivity contribution in [2.75, 3.05) is 13.1 Å². The van der Waals surface area contributed by atoms with Gasteiger partial charge in [-0.3, -0.25) is 19.5 Å². The molecule has 2 saturated heterocycles. The Morgan fingerprint density at radius 2 is 2.17 bits per heavy atom. The van der Waals surface area contributed by atoms with E-state index in [0.29, 0.717) is 12.2 Å². The number of nitrogens with zero attached hydrogens (tertiary/aromatic N) is 3. The van der Waals surface area contributed by atoms with E-state index < -0.39 is 17.5 Å². The van der Waals surface area contributed by atoms with E-state index in [1.165, 1.54) is 0 Å². The van der Waals surface area contributed by atoms with Gasteiger partial charge >= 0.3 is 6.03 Å². The molecular weight excluding hydrogens is 308 g/mol. The molecule has 7 heteroatoms. The van der Waals surface area contributed by atoms with E-state index in [2.05, 4.69) is 10.3 Å². The second-order valence-electron chi connectivity index (χ2n) is 6.59. The molecule has 0 radical (unpaired) electrons. The van der Waals surface area contributed by atoms with Crippen molar-refractivity contribution in [3.63, 3.8) is 0 Å². The molecule has 0 spiro atoms. The van der Waals surface area contributed by atoms with Crippen molar-refractivity contribution in [1.29, 1.82) is 0 Å². The smallest absolute Gasteiger partial charge is 0.325 e. The van der Waals surface area contributed by atoms with Crippen LogP contribution in [0.15, 0.2) is 24.4 Å². The summed E-state index contributed by atoms with van der Waals surface area (Å²) >= 11 is 0. The van der Waals surface area contributed by atoms with Crippen molar-refractivity contribution in [2.45, 2.75) is 44.7 Å². The molecule has 0 saturated carbocycles. The first-order chi connectivity index (χ1) is 11.4. The number of rotatable bonds is 3. The summed E-state index contributed by atoms with van der Waals surface area (Å²) in [4.78, 5) is 44.5. The summed E-state index contributed by atoms with van der Waals surface area (Å²) in [7, 11) is 0. The minimum absolute atomic E-state index is 0.147. The van der Waals surface area contributed by atoms with Crippen molar-refractivity contribution in [3.8, 4) is 0 Å². The van der Waals surface area contributed by atoms with Gasteiger partial charge in [-0.1, -0.05) is 6.07 Å². The first-order valence-electron chi connectivity index (χ1n) is 8.28. The molecule has 0 unspecified atom stereocenters. The lowest BCUT2D eigenvalue weighted by molar-refractivity contribution is -0.140. The quantitative estimate of drug-likeness (QED) is 0.846. The predicted octanol–water partition coefficient (Wildman–Crippen LogP) is 1.25. The van der Waals surface area contributed by atoms with Crippen molar-refractivity contribution in [2.24, 2.45) is 0 Å². The maximum atomic E-state index is 12.8. The van der Waals surface area contributed by atoms with Crippen molar-refractivity contribution in [3.05, 3.63) is 30.1 Å². The second-order valence-corrected chi connectivity index (χ2v) is 6.59. The highest BCUT2D eigenvalue weighted by Crippen LogP contribution is 2.27. The van der Waals surface area contributed by atoms with Gasteiger partial charge in [0.25, 0.3) is 5.91 Å². The molecule has 4 amide bonds. The minimum Gasteiger partial charge on any atom is -0.338 e. The number of nitrogens with one attached hydrogen (secondary N) is 1. The predicted molar refractivity (Wildman–Crippen MR) is 86.9 cm³/mol. The minimum atomic E-state index is -1.23. The van der Waals surface area contributed by atoms with Gasteiger partial charge in [-0.25, -0.2) is 4.79 Å². The third-order valence-electron chi connectivity index (χ3n) is 4.87. The molecule has 3 rings (SSSR count). The molecule has 2 fully saturated rings. The number of imide groups is 1. The van der Waals surface area contributed by atoms with Crippen LogP contribution >= 0.6 is 0 Å². The fraction of sp³-hybridized carbons (Fsp3) is 0.529. The van der Waals surface area contributed by atoms with Crippen LogP contribution in [-0.4, -0.2) is 51.8 Å². The summed E-state index contributed by atoms with van der Waals surface area (Å²) in [6.07, 6.45) is 4.59. The summed E-state index contributed by atoms with van der Waals surface area (Å²) in [5.41, 5.74) is -0.767. The Kier molecular flexibility index (Phi) is 4.26. The Morgan fingerprint density at radius 1 is 1.38 bits per heavy atom. The lowest BCUT2D eigenvalue weighted by atomic mass is 9.97. The standard InChI is InChI=1S/C17H22N4O3/c1-12-7-4-6-10-20(12)14(22)11-21-15(23)17(2,19-16(21)24)13-8-3-5-9-18-13/h3,5,8-9,12H,4,6-7,10-11H2,1-2H3,(H,19,24)/t12-,17-/m1/s1. The van der Waals surface area contributed by atoms with E-state index in [-0.39, 0.29) is 18.5 Å². The molecule has 24 heavy (non-hydrogen) atoms. The fourth-order valence-electron chi connectivity index (χ4n) is 3.37. The SMILES string of the molecule is C[C@@H]1CCCCN1C(=O)CN1C(=O)N[C@](C)(c2ccccn2)C1=O. The topological polar surface area (TPSA) is 82.6 Å². The number of likely N-dealkylation sites (tertiary alicyclic amines) is 1. The Hall–Kier alpha value is -2.44. The third kappa shape index (κ3) is 2.74. The number of aromatic nitrogens is 1. The zero-order valence-corrected chi connectivity index (χ0v) is 14.0. The largest absolute Gasteiger partial charge is 0.338 e. The number of carbonyl (C=O) groups is 3. The Bertz CT molecular complexity index is 663. The number of amides is 4. The number of pyridine rings is 1. The summed E-state index contributed by atoms with van der Waals surface area (Å²) in [6.45, 7) is 4.07. The van der Waals surface area contributed by atoms with Gasteiger partial charge < -0.3 is 10.2 Å². The molecule has 3 heterocycles. The molecule has 1 aromatic rings. The molecule has 1 N–H and O–H groups in total. The molecule has 2 aliphatic heterocycles. The van der Waals surface area contributed by atoms with Crippen LogP contribution in [0.25, 0.3) is 0 Å². The summed E-state index contributed by atoms with van der Waals surface area (Å²) < 4.78 is 0. The lowest BCUT2D eigenvalue weighted by Crippen LogP contribution is -2.48. The highest BCUT2D eigenvalue weighted by molar-refractivity contribution is 6.08. The molecule has 7 nitrogen and oxygen atoms in total. The zero-order valence-electron chi connectivity index (χ0n) is 14.0. The molecule has 0 bridgehead atoms. The Balaban J connectivity index is 1.76. The number of piperidine rings is 1. The molecule has 0 aliphatic carbocycles. The molecule has 0 aromatic carbocycles. The average molecular weight is 330 g/mol. The van der Waals surface area contributed by atoms with Crippen LogP contribution in [-0.2, 0) is 15.1 Å². The van der Waals surface area contributed by atoms with Crippen molar-refractivity contribution >= 4 is 17.8 Å². The van der Waals surface area contributed by atoms with Crippen LogP contribution in [0.2, 0.25) is 0 Å². The van der Waals surface area contributed by atoms with E-state index in [1.54, 1.807) is 36.2 Å². The average Bonchev–Trinajstić information content (AvgIpc) is 2.80. The Morgan fingerprint density at radius 3 is 2.83 bits per heavy atom. The Labute approximate surface area is 141 Å². The number of hydrogen-bond acceptors (Lipinski definition) is 4. The van der Waals surface area contributed by atoms with Gasteiger partial charge in [-0.05, 0) is 45.2 Å². The highest BCUT2D eigenvalue weighted by atomic mass is 16.2. The molecule has 128 valence electrons. The van der Waals surface area contributed by atoms with E-state index in [4.69, 9.17) is 0 Å². The van der Waals surface area contributed by atoms with Gasteiger partial charge in [0.2, 0.25) is 5.91 Å². The zero-order chi connectivity index (χ0) is 17.3.